The second-order valence-electron chi connectivity index (χ2n) is 7.21. The lowest BCUT2D eigenvalue weighted by Gasteiger charge is -2.26. The molecule has 7 heteroatoms. The summed E-state index contributed by atoms with van der Waals surface area (Å²) in [7, 11) is 0. The molecule has 3 rings (SSSR count). The monoisotopic (exact) mass is 526 g/mol. The van der Waals surface area contributed by atoms with Crippen molar-refractivity contribution in [2.75, 3.05) is 39.4 Å². The third-order valence-electron chi connectivity index (χ3n) is 4.88. The van der Waals surface area contributed by atoms with Crippen LogP contribution in [0.15, 0.2) is 53.5 Å². The van der Waals surface area contributed by atoms with Crippen LogP contribution in [0.25, 0.3) is 0 Å². The molecule has 1 fully saturated rings. The highest BCUT2D eigenvalue weighted by atomic mass is 127. The van der Waals surface area contributed by atoms with Crippen LogP contribution >= 0.6 is 24.0 Å². The number of nitrogens with zero attached hydrogens (tertiary/aromatic N) is 2. The van der Waals surface area contributed by atoms with Gasteiger partial charge in [0.15, 0.2) is 5.96 Å². The van der Waals surface area contributed by atoms with E-state index in [1.165, 1.54) is 23.3 Å². The summed E-state index contributed by atoms with van der Waals surface area (Å²) in [6.45, 7) is 8.81. The molecule has 2 N–H and O–H groups in total. The van der Waals surface area contributed by atoms with E-state index in [0.29, 0.717) is 6.54 Å². The minimum absolute atomic E-state index is 0. The molecule has 1 aliphatic rings. The van der Waals surface area contributed by atoms with E-state index in [1.54, 1.807) is 0 Å². The molecule has 0 aliphatic carbocycles. The highest BCUT2D eigenvalue weighted by molar-refractivity contribution is 14.0. The van der Waals surface area contributed by atoms with Crippen LogP contribution in [-0.4, -0.2) is 50.3 Å². The minimum atomic E-state index is -0.201. The number of morpholine rings is 1. The fourth-order valence-electron chi connectivity index (χ4n) is 3.33. The van der Waals surface area contributed by atoms with Gasteiger partial charge in [0.1, 0.15) is 5.82 Å². The van der Waals surface area contributed by atoms with E-state index in [-0.39, 0.29) is 29.8 Å². The van der Waals surface area contributed by atoms with Gasteiger partial charge in [0.05, 0.1) is 19.8 Å². The van der Waals surface area contributed by atoms with Crippen LogP contribution in [0.5, 0.6) is 0 Å². The number of ether oxygens (including phenoxy) is 1. The normalized spacial score (nSPS) is 14.8. The largest absolute Gasteiger partial charge is 0.379 e. The summed E-state index contributed by atoms with van der Waals surface area (Å²) in [5.41, 5.74) is 3.62. The van der Waals surface area contributed by atoms with Gasteiger partial charge in [0, 0.05) is 32.7 Å². The van der Waals surface area contributed by atoms with Crippen molar-refractivity contribution in [3.05, 3.63) is 71.0 Å². The summed E-state index contributed by atoms with van der Waals surface area (Å²) in [6, 6.07) is 15.3. The summed E-state index contributed by atoms with van der Waals surface area (Å²) < 4.78 is 18.4. The Kier molecular flexibility index (Phi) is 11.1. The van der Waals surface area contributed by atoms with Crippen molar-refractivity contribution in [2.45, 2.75) is 26.4 Å². The topological polar surface area (TPSA) is 48.9 Å². The van der Waals surface area contributed by atoms with E-state index < -0.39 is 0 Å². The van der Waals surface area contributed by atoms with Gasteiger partial charge < -0.3 is 15.4 Å². The summed E-state index contributed by atoms with van der Waals surface area (Å²) in [6.07, 6.45) is 0.819. The first kappa shape index (κ1) is 24.6. The van der Waals surface area contributed by atoms with Crippen molar-refractivity contribution in [2.24, 2.45) is 4.99 Å². The minimum Gasteiger partial charge on any atom is -0.379 e. The average molecular weight is 526 g/mol. The molecule has 2 aromatic carbocycles. The Balaban J connectivity index is 0.00000320. The van der Waals surface area contributed by atoms with E-state index in [1.807, 2.05) is 12.1 Å². The zero-order valence-electron chi connectivity index (χ0n) is 17.6. The number of nitrogens with one attached hydrogen (secondary N) is 2. The van der Waals surface area contributed by atoms with E-state index in [2.05, 4.69) is 46.7 Å². The molecule has 1 aliphatic heterocycles. The van der Waals surface area contributed by atoms with Crippen molar-refractivity contribution >= 4 is 29.9 Å². The Morgan fingerprint density at radius 1 is 1.03 bits per heavy atom. The number of benzene rings is 2. The number of aliphatic imine (C=N–C) groups is 1. The van der Waals surface area contributed by atoms with E-state index >= 15 is 0 Å². The second kappa shape index (κ2) is 13.6. The van der Waals surface area contributed by atoms with Gasteiger partial charge in [-0.05, 0) is 42.2 Å². The quantitative estimate of drug-likeness (QED) is 0.314. The maximum Gasteiger partial charge on any atom is 0.191 e. The molecule has 1 heterocycles. The maximum atomic E-state index is 13.0. The number of rotatable bonds is 8. The van der Waals surface area contributed by atoms with Gasteiger partial charge in [0.25, 0.3) is 0 Å². The average Bonchev–Trinajstić information content (AvgIpc) is 2.74. The van der Waals surface area contributed by atoms with E-state index in [4.69, 9.17) is 9.73 Å². The second-order valence-corrected chi connectivity index (χ2v) is 7.21. The lowest BCUT2D eigenvalue weighted by molar-refractivity contribution is 0.0342. The Hall–Kier alpha value is -1.71. The van der Waals surface area contributed by atoms with Gasteiger partial charge in [0.2, 0.25) is 0 Å². The SMILES string of the molecule is CCNC(=NCc1cccc(CN2CCOCC2)c1)NCCc1ccc(F)cc1.I. The van der Waals surface area contributed by atoms with Crippen molar-refractivity contribution in [3.63, 3.8) is 0 Å². The third kappa shape index (κ3) is 8.57. The molecule has 30 heavy (non-hydrogen) atoms. The van der Waals surface area contributed by atoms with E-state index in [9.17, 15) is 4.39 Å². The molecule has 1 saturated heterocycles. The van der Waals surface area contributed by atoms with Crippen molar-refractivity contribution in [1.29, 1.82) is 0 Å². The van der Waals surface area contributed by atoms with Crippen LogP contribution in [0.4, 0.5) is 4.39 Å². The first-order valence-electron chi connectivity index (χ1n) is 10.4. The molecule has 0 bridgehead atoms. The Bertz CT molecular complexity index is 779. The molecular weight excluding hydrogens is 494 g/mol. The number of hydrogen-bond acceptors (Lipinski definition) is 3. The fourth-order valence-corrected chi connectivity index (χ4v) is 3.33. The number of hydrogen-bond donors (Lipinski definition) is 2. The van der Waals surface area contributed by atoms with Crippen LogP contribution in [-0.2, 0) is 24.2 Å². The molecule has 0 radical (unpaired) electrons. The molecule has 0 aromatic heterocycles. The van der Waals surface area contributed by atoms with Crippen molar-refractivity contribution in [3.8, 4) is 0 Å². The van der Waals surface area contributed by atoms with Gasteiger partial charge in [-0.3, -0.25) is 4.90 Å². The molecule has 0 atom stereocenters. The Labute approximate surface area is 196 Å². The zero-order valence-corrected chi connectivity index (χ0v) is 19.9. The van der Waals surface area contributed by atoms with Crippen LogP contribution < -0.4 is 10.6 Å². The van der Waals surface area contributed by atoms with Gasteiger partial charge in [-0.2, -0.15) is 0 Å². The van der Waals surface area contributed by atoms with Gasteiger partial charge in [-0.15, -0.1) is 24.0 Å². The summed E-state index contributed by atoms with van der Waals surface area (Å²) in [5, 5.41) is 6.64. The van der Waals surface area contributed by atoms with Crippen LogP contribution in [0.2, 0.25) is 0 Å². The summed E-state index contributed by atoms with van der Waals surface area (Å²) in [4.78, 5) is 7.14. The number of halogens is 2. The Morgan fingerprint density at radius 2 is 1.77 bits per heavy atom. The molecule has 2 aromatic rings. The highest BCUT2D eigenvalue weighted by Gasteiger charge is 2.10. The van der Waals surface area contributed by atoms with Crippen molar-refractivity contribution < 1.29 is 9.13 Å². The first-order valence-corrected chi connectivity index (χ1v) is 10.4. The smallest absolute Gasteiger partial charge is 0.191 e. The first-order chi connectivity index (χ1) is 14.2. The van der Waals surface area contributed by atoms with Crippen LogP contribution in [0, 0.1) is 5.82 Å². The highest BCUT2D eigenvalue weighted by Crippen LogP contribution is 2.11. The zero-order chi connectivity index (χ0) is 20.3. The fraction of sp³-hybridized carbons (Fsp3) is 0.435. The van der Waals surface area contributed by atoms with Gasteiger partial charge in [-0.1, -0.05) is 36.4 Å². The molecule has 0 unspecified atom stereocenters. The molecule has 5 nitrogen and oxygen atoms in total. The summed E-state index contributed by atoms with van der Waals surface area (Å²) >= 11 is 0. The van der Waals surface area contributed by atoms with Crippen LogP contribution in [0.1, 0.15) is 23.6 Å². The molecular formula is C23H32FIN4O. The Morgan fingerprint density at radius 3 is 2.50 bits per heavy atom. The van der Waals surface area contributed by atoms with Gasteiger partial charge in [-0.25, -0.2) is 9.38 Å². The third-order valence-corrected chi connectivity index (χ3v) is 4.88. The molecule has 0 saturated carbocycles. The molecule has 164 valence electrons. The predicted octanol–water partition coefficient (Wildman–Crippen LogP) is 3.57. The molecule has 0 amide bonds. The van der Waals surface area contributed by atoms with E-state index in [0.717, 1.165) is 63.9 Å². The lowest BCUT2D eigenvalue weighted by atomic mass is 10.1. The van der Waals surface area contributed by atoms with Crippen molar-refractivity contribution in [1.82, 2.24) is 15.5 Å². The lowest BCUT2D eigenvalue weighted by Crippen LogP contribution is -2.38. The number of guanidine groups is 1. The summed E-state index contributed by atoms with van der Waals surface area (Å²) in [5.74, 6) is 0.598. The standard InChI is InChI=1S/C23H31FN4O.HI/c1-2-25-23(26-11-10-19-6-8-22(24)9-7-19)27-17-20-4-3-5-21(16-20)18-28-12-14-29-15-13-28;/h3-9,16H,2,10-15,17-18H2,1H3,(H2,25,26,27);1H. The predicted molar refractivity (Wildman–Crippen MR) is 131 cm³/mol. The molecule has 0 spiro atoms. The maximum absolute atomic E-state index is 13.0. The van der Waals surface area contributed by atoms with Crippen LogP contribution in [0.3, 0.4) is 0 Å². The van der Waals surface area contributed by atoms with Gasteiger partial charge >= 0.3 is 0 Å².